The minimum atomic E-state index is -1.53. The number of thiophene rings is 1. The van der Waals surface area contributed by atoms with E-state index in [1.54, 1.807) is 42.6 Å². The number of likely N-dealkylation sites (N-methyl/N-ethyl adjacent to an activating group) is 1. The number of aromatic nitrogens is 4. The zero-order chi connectivity index (χ0) is 51.0. The third kappa shape index (κ3) is 12.8. The van der Waals surface area contributed by atoms with Crippen LogP contribution < -0.4 is 9.47 Å². The summed E-state index contributed by atoms with van der Waals surface area (Å²) in [5.41, 5.74) is 3.84. The molecule has 2 bridgehead atoms. The normalized spacial score (nSPS) is 23.7. The van der Waals surface area contributed by atoms with E-state index in [2.05, 4.69) is 38.4 Å². The van der Waals surface area contributed by atoms with Gasteiger partial charge in [0.2, 0.25) is 12.0 Å². The standard InChI is InChI=1S/C54H61Cl2FN6O9S/c1-5-6-39-23-40(69-27-38-15-16-58-51(61-38)36-9-7-34(8-10-36)26-67-29-42-28-66-21-22-68-42)24-43(54(64)65)72-52-46-45(50(73-53(46)60-31-59-52)35-11-13-37(57)14-12-35)44-32(2)47(55)49(48(56)33(44)3)71-41(30-70-39)25-63-19-17-62(4)18-20-63/h5-6,11-16,23,31,34,36,41-43H,1,7-10,17-22,24-30H2,2-4H3,(H,64,65)/b39-6+,40-23-/t34?,36?,41-,42+,43-/m1/s1. The van der Waals surface area contributed by atoms with E-state index in [9.17, 15) is 14.3 Å². The van der Waals surface area contributed by atoms with E-state index in [0.29, 0.717) is 106 Å². The van der Waals surface area contributed by atoms with E-state index >= 15 is 0 Å². The first-order chi connectivity index (χ1) is 35.4. The van der Waals surface area contributed by atoms with Crippen molar-refractivity contribution in [2.45, 2.75) is 76.8 Å². The summed E-state index contributed by atoms with van der Waals surface area (Å²) in [6, 6.07) is 7.91. The van der Waals surface area contributed by atoms with Crippen LogP contribution in [0.25, 0.3) is 31.8 Å². The fourth-order valence-electron chi connectivity index (χ4n) is 9.77. The van der Waals surface area contributed by atoms with Gasteiger partial charge in [0.1, 0.15) is 59.7 Å². The molecule has 2 saturated heterocycles. The van der Waals surface area contributed by atoms with E-state index in [1.807, 2.05) is 13.8 Å². The van der Waals surface area contributed by atoms with Crippen molar-refractivity contribution in [1.82, 2.24) is 29.7 Å². The molecule has 4 aliphatic heterocycles. The van der Waals surface area contributed by atoms with Gasteiger partial charge in [-0.1, -0.05) is 48.0 Å². The second-order valence-electron chi connectivity index (χ2n) is 19.0. The third-order valence-electron chi connectivity index (χ3n) is 13.8. The lowest BCUT2D eigenvalue weighted by Gasteiger charge is -2.35. The number of ether oxygens (including phenoxy) is 7. The summed E-state index contributed by atoms with van der Waals surface area (Å²) < 4.78 is 58.2. The Labute approximate surface area is 438 Å². The van der Waals surface area contributed by atoms with Crippen LogP contribution in [0.4, 0.5) is 4.39 Å². The van der Waals surface area contributed by atoms with Crippen LogP contribution in [0.1, 0.15) is 60.7 Å². The highest BCUT2D eigenvalue weighted by molar-refractivity contribution is 7.22. The number of hydrogen-bond donors (Lipinski definition) is 1. The molecule has 5 aromatic rings. The first-order valence-corrected chi connectivity index (χ1v) is 26.4. The van der Waals surface area contributed by atoms with Gasteiger partial charge >= 0.3 is 5.97 Å². The van der Waals surface area contributed by atoms with Crippen LogP contribution in [0.5, 0.6) is 11.6 Å². The maximum absolute atomic E-state index is 14.4. The van der Waals surface area contributed by atoms with Gasteiger partial charge in [0, 0.05) is 68.0 Å². The van der Waals surface area contributed by atoms with Crippen molar-refractivity contribution >= 4 is 50.7 Å². The Balaban J connectivity index is 1.05. The topological polar surface area (TPSA) is 160 Å². The first kappa shape index (κ1) is 52.6. The van der Waals surface area contributed by atoms with E-state index in [4.69, 9.17) is 61.3 Å². The lowest BCUT2D eigenvalue weighted by atomic mass is 9.82. The van der Waals surface area contributed by atoms with Gasteiger partial charge in [0.05, 0.1) is 54.0 Å². The number of carboxylic acid groups (broad SMARTS) is 1. The molecule has 1 aliphatic carbocycles. The molecule has 1 N–H and O–H groups in total. The average molecular weight is 1060 g/mol. The second kappa shape index (κ2) is 24.4. The van der Waals surface area contributed by atoms with Gasteiger partial charge in [-0.25, -0.2) is 29.1 Å². The molecule has 5 aliphatic rings. The predicted molar refractivity (Wildman–Crippen MR) is 278 cm³/mol. The Kier molecular flexibility index (Phi) is 17.6. The van der Waals surface area contributed by atoms with E-state index in [1.165, 1.54) is 29.8 Å². The van der Waals surface area contributed by atoms with Crippen molar-refractivity contribution in [3.05, 3.63) is 118 Å². The second-order valence-corrected chi connectivity index (χ2v) is 20.7. The number of rotatable bonds is 13. The minimum absolute atomic E-state index is 0.00265. The van der Waals surface area contributed by atoms with Gasteiger partial charge in [0.25, 0.3) is 0 Å². The number of piperazine rings is 1. The molecule has 388 valence electrons. The van der Waals surface area contributed by atoms with Crippen LogP contribution in [0.2, 0.25) is 10.0 Å². The summed E-state index contributed by atoms with van der Waals surface area (Å²) in [4.78, 5) is 38.1. The SMILES string of the molecule is C=C/C=C1\C=C(/OCc2ccnc(C3CCC(COC[C@@H]4COCCO4)CC3)n2)C[C@H](C(=O)O)Oc2ncnc3sc(-c4ccc(F)cc4)c(c23)-c2c(C)c(Cl)c(c(Cl)c2C)O[C@H](CN2CCN(C)CC2)CO1. The highest BCUT2D eigenvalue weighted by Crippen LogP contribution is 2.53. The zero-order valence-electron chi connectivity index (χ0n) is 41.3. The number of carboxylic acids is 1. The number of halogens is 3. The highest BCUT2D eigenvalue weighted by Gasteiger charge is 2.33. The van der Waals surface area contributed by atoms with Gasteiger partial charge in [-0.05, 0) is 99.0 Å². The number of carbonyl (C=O) groups is 1. The summed E-state index contributed by atoms with van der Waals surface area (Å²) in [6.45, 7) is 14.6. The molecule has 10 rings (SSSR count). The van der Waals surface area contributed by atoms with Crippen molar-refractivity contribution in [3.8, 4) is 33.2 Å². The molecule has 3 aromatic heterocycles. The fourth-order valence-corrected chi connectivity index (χ4v) is 11.4. The van der Waals surface area contributed by atoms with Crippen LogP contribution in [-0.2, 0) is 35.1 Å². The molecule has 2 aromatic carbocycles. The largest absolute Gasteiger partial charge is 0.491 e. The first-order valence-electron chi connectivity index (χ1n) is 24.8. The Hall–Kier alpha value is -5.24. The van der Waals surface area contributed by atoms with Crippen molar-refractivity contribution in [1.29, 1.82) is 0 Å². The molecule has 3 fully saturated rings. The van der Waals surface area contributed by atoms with Crippen molar-refractivity contribution in [2.75, 3.05) is 79.4 Å². The zero-order valence-corrected chi connectivity index (χ0v) is 43.7. The van der Waals surface area contributed by atoms with Crippen LogP contribution >= 0.6 is 34.5 Å². The summed E-state index contributed by atoms with van der Waals surface area (Å²) in [6.07, 6.45) is 9.42. The lowest BCUT2D eigenvalue weighted by Crippen LogP contribution is -2.48. The third-order valence-corrected chi connectivity index (χ3v) is 15.8. The van der Waals surface area contributed by atoms with Gasteiger partial charge in [-0.15, -0.1) is 11.3 Å². The number of nitrogens with zero attached hydrogens (tertiary/aromatic N) is 6. The number of hydrogen-bond acceptors (Lipinski definition) is 15. The molecule has 0 amide bonds. The number of aliphatic carboxylic acids is 1. The van der Waals surface area contributed by atoms with Crippen molar-refractivity contribution in [3.63, 3.8) is 0 Å². The fraction of sp³-hybridized carbons (Fsp3) is 0.463. The predicted octanol–water partition coefficient (Wildman–Crippen LogP) is 10.0. The molecule has 7 heterocycles. The van der Waals surface area contributed by atoms with E-state index in [-0.39, 0.29) is 53.3 Å². The summed E-state index contributed by atoms with van der Waals surface area (Å²) in [5, 5.41) is 12.0. The maximum Gasteiger partial charge on any atom is 0.345 e. The lowest BCUT2D eigenvalue weighted by molar-refractivity contribution is -0.145. The molecule has 0 unspecified atom stereocenters. The summed E-state index contributed by atoms with van der Waals surface area (Å²) in [5.74, 6) is 0.557. The van der Waals surface area contributed by atoms with E-state index in [0.717, 1.165) is 57.7 Å². The smallest absolute Gasteiger partial charge is 0.345 e. The number of benzene rings is 2. The monoisotopic (exact) mass is 1060 g/mol. The molecule has 73 heavy (non-hydrogen) atoms. The maximum atomic E-state index is 14.4. The molecular formula is C54H61Cl2FN6O9S. The van der Waals surface area contributed by atoms with Crippen molar-refractivity contribution < 1.29 is 47.4 Å². The molecule has 0 spiro atoms. The van der Waals surface area contributed by atoms with Crippen LogP contribution in [0.15, 0.2) is 79.2 Å². The quantitative estimate of drug-likeness (QED) is 0.119. The molecule has 0 radical (unpaired) electrons. The Morgan fingerprint density at radius 3 is 2.42 bits per heavy atom. The minimum Gasteiger partial charge on any atom is -0.491 e. The Morgan fingerprint density at radius 2 is 1.71 bits per heavy atom. The molecular weight excluding hydrogens is 999 g/mol. The summed E-state index contributed by atoms with van der Waals surface area (Å²) in [7, 11) is 2.10. The Bertz CT molecular complexity index is 2780. The summed E-state index contributed by atoms with van der Waals surface area (Å²) >= 11 is 16.0. The van der Waals surface area contributed by atoms with Crippen LogP contribution in [0.3, 0.4) is 0 Å². The van der Waals surface area contributed by atoms with Gasteiger partial charge in [-0.3, -0.25) is 4.90 Å². The molecule has 3 atom stereocenters. The average Bonchev–Trinajstić information content (AvgIpc) is 3.78. The van der Waals surface area contributed by atoms with Gasteiger partial charge < -0.3 is 43.2 Å². The van der Waals surface area contributed by atoms with Crippen molar-refractivity contribution in [2.24, 2.45) is 5.92 Å². The van der Waals surface area contributed by atoms with Gasteiger partial charge in [0.15, 0.2) is 5.75 Å². The highest BCUT2D eigenvalue weighted by atomic mass is 35.5. The molecule has 15 nitrogen and oxygen atoms in total. The van der Waals surface area contributed by atoms with Crippen LogP contribution in [-0.4, -0.2) is 139 Å². The molecule has 19 heteroatoms. The van der Waals surface area contributed by atoms with Gasteiger partial charge in [-0.2, -0.15) is 0 Å². The number of allylic oxidation sites excluding steroid dienone is 3. The van der Waals surface area contributed by atoms with Crippen LogP contribution in [0, 0.1) is 25.6 Å². The number of fused-ring (bicyclic) bond motifs is 10. The Morgan fingerprint density at radius 1 is 0.945 bits per heavy atom. The van der Waals surface area contributed by atoms with E-state index < -0.39 is 24.0 Å². The molecule has 1 saturated carbocycles.